The van der Waals surface area contributed by atoms with Gasteiger partial charge in [-0.1, -0.05) is 24.3 Å². The third-order valence-corrected chi connectivity index (χ3v) is 5.11. The number of aromatic nitrogens is 2. The molecule has 0 bridgehead atoms. The first-order valence-electron chi connectivity index (χ1n) is 8.05. The smallest absolute Gasteiger partial charge is 0.329 e. The number of rotatable bonds is 4. The Kier molecular flexibility index (Phi) is 4.11. The summed E-state index contributed by atoms with van der Waals surface area (Å²) in [6.45, 7) is 0.549. The highest BCUT2D eigenvalue weighted by atomic mass is 31.2. The average Bonchev–Trinajstić information content (AvgIpc) is 2.89. The largest absolute Gasteiger partial charge is 0.335 e. The summed E-state index contributed by atoms with van der Waals surface area (Å²) in [6, 6.07) is 15.6. The van der Waals surface area contributed by atoms with Crippen molar-refractivity contribution in [2.75, 3.05) is 0 Å². The van der Waals surface area contributed by atoms with Gasteiger partial charge in [-0.15, -0.1) is 0 Å². The molecular formula is C19H16FN2O3P. The summed E-state index contributed by atoms with van der Waals surface area (Å²) in [5.74, 6) is -0.302. The Bertz CT molecular complexity index is 1150. The first-order chi connectivity index (χ1) is 12.4. The first-order valence-corrected chi connectivity index (χ1v) is 9.85. The van der Waals surface area contributed by atoms with Gasteiger partial charge >= 0.3 is 7.60 Å². The molecule has 5 nitrogen and oxygen atoms in total. The lowest BCUT2D eigenvalue weighted by atomic mass is 10.1. The Morgan fingerprint density at radius 1 is 1.00 bits per heavy atom. The normalized spacial score (nSPS) is 12.1. The summed E-state index contributed by atoms with van der Waals surface area (Å²) in [6.07, 6.45) is 1.42. The van der Waals surface area contributed by atoms with Crippen LogP contribution in [0, 0.1) is 5.82 Å². The van der Waals surface area contributed by atoms with E-state index in [-0.39, 0.29) is 12.0 Å². The van der Waals surface area contributed by atoms with Crippen molar-refractivity contribution in [2.24, 2.45) is 0 Å². The van der Waals surface area contributed by atoms with Gasteiger partial charge < -0.3 is 14.4 Å². The van der Waals surface area contributed by atoms with Crippen LogP contribution in [0.3, 0.4) is 0 Å². The van der Waals surface area contributed by atoms with E-state index in [1.54, 1.807) is 24.4 Å². The summed E-state index contributed by atoms with van der Waals surface area (Å²) in [4.78, 5) is 22.5. The van der Waals surface area contributed by atoms with Crippen molar-refractivity contribution < 1.29 is 18.7 Å². The van der Waals surface area contributed by atoms with Crippen LogP contribution < -0.4 is 0 Å². The topological polar surface area (TPSA) is 75.3 Å². The zero-order valence-corrected chi connectivity index (χ0v) is 14.6. The van der Waals surface area contributed by atoms with E-state index in [4.69, 9.17) is 9.79 Å². The molecule has 0 radical (unpaired) electrons. The fourth-order valence-electron chi connectivity index (χ4n) is 3.23. The monoisotopic (exact) mass is 370 g/mol. The van der Waals surface area contributed by atoms with Gasteiger partial charge in [0, 0.05) is 18.1 Å². The minimum atomic E-state index is -4.08. The molecule has 0 aliphatic carbocycles. The third kappa shape index (κ3) is 3.27. The highest BCUT2D eigenvalue weighted by Gasteiger charge is 2.15. The molecule has 0 atom stereocenters. The molecule has 0 aliphatic rings. The Morgan fingerprint density at radius 3 is 2.46 bits per heavy atom. The molecule has 0 fully saturated rings. The molecule has 4 aromatic rings. The summed E-state index contributed by atoms with van der Waals surface area (Å²) in [7, 11) is -4.08. The van der Waals surface area contributed by atoms with Gasteiger partial charge in [-0.05, 0) is 41.5 Å². The minimum Gasteiger partial charge on any atom is -0.335 e. The quantitative estimate of drug-likeness (QED) is 0.532. The summed E-state index contributed by atoms with van der Waals surface area (Å²) < 4.78 is 26.9. The van der Waals surface area contributed by atoms with Gasteiger partial charge in [0.2, 0.25) is 0 Å². The third-order valence-electron chi connectivity index (χ3n) is 4.33. The Labute approximate surface area is 148 Å². The van der Waals surface area contributed by atoms with Gasteiger partial charge in [-0.3, -0.25) is 9.55 Å². The lowest BCUT2D eigenvalue weighted by Crippen LogP contribution is -2.00. The fourth-order valence-corrected chi connectivity index (χ4v) is 3.91. The molecule has 0 amide bonds. The van der Waals surface area contributed by atoms with Gasteiger partial charge in [0.05, 0.1) is 22.7 Å². The van der Waals surface area contributed by atoms with Crippen LogP contribution in [0.1, 0.15) is 11.1 Å². The van der Waals surface area contributed by atoms with Crippen molar-refractivity contribution >= 4 is 29.5 Å². The van der Waals surface area contributed by atoms with E-state index in [0.29, 0.717) is 12.1 Å². The molecule has 2 aromatic carbocycles. The van der Waals surface area contributed by atoms with E-state index >= 15 is 0 Å². The maximum atomic E-state index is 13.7. The highest BCUT2D eigenvalue weighted by molar-refractivity contribution is 7.50. The van der Waals surface area contributed by atoms with Crippen LogP contribution in [0.4, 0.5) is 4.39 Å². The van der Waals surface area contributed by atoms with E-state index in [1.165, 1.54) is 12.1 Å². The summed E-state index contributed by atoms with van der Waals surface area (Å²) in [5, 5.41) is 0.763. The molecule has 0 unspecified atom stereocenters. The number of hydrogen-bond donors (Lipinski definition) is 2. The van der Waals surface area contributed by atoms with E-state index in [0.717, 1.165) is 27.5 Å². The van der Waals surface area contributed by atoms with Crippen molar-refractivity contribution in [1.29, 1.82) is 0 Å². The standard InChI is InChI=1S/C19H16FN2O3P/c20-15-7-8-17-16(10-15)19-18(2-1-9-21-19)22(17)11-13-3-5-14(6-4-13)12-26(23,24)25/h1-10H,11-12H2,(H2,23,24,25). The maximum Gasteiger partial charge on any atom is 0.329 e. The molecule has 26 heavy (non-hydrogen) atoms. The van der Waals surface area contributed by atoms with E-state index in [9.17, 15) is 8.96 Å². The number of fused-ring (bicyclic) bond motifs is 3. The van der Waals surface area contributed by atoms with Gasteiger partial charge in [0.1, 0.15) is 5.82 Å². The second kappa shape index (κ2) is 6.32. The van der Waals surface area contributed by atoms with Crippen molar-refractivity contribution in [2.45, 2.75) is 12.7 Å². The van der Waals surface area contributed by atoms with Crippen LogP contribution in [0.2, 0.25) is 0 Å². The Balaban J connectivity index is 1.76. The predicted octanol–water partition coefficient (Wildman–Crippen LogP) is 4.05. The number of hydrogen-bond acceptors (Lipinski definition) is 2. The first kappa shape index (κ1) is 16.9. The van der Waals surface area contributed by atoms with Gasteiger partial charge in [0.15, 0.2) is 0 Å². The highest BCUT2D eigenvalue weighted by Crippen LogP contribution is 2.39. The van der Waals surface area contributed by atoms with Crippen molar-refractivity contribution in [3.05, 3.63) is 77.7 Å². The lowest BCUT2D eigenvalue weighted by Gasteiger charge is -2.09. The maximum absolute atomic E-state index is 13.7. The van der Waals surface area contributed by atoms with Gasteiger partial charge in [-0.2, -0.15) is 0 Å². The summed E-state index contributed by atoms with van der Waals surface area (Å²) >= 11 is 0. The van der Waals surface area contributed by atoms with Crippen LogP contribution in [0.5, 0.6) is 0 Å². The molecule has 0 aliphatic heterocycles. The van der Waals surface area contributed by atoms with Crippen LogP contribution in [0.15, 0.2) is 60.8 Å². The van der Waals surface area contributed by atoms with Crippen molar-refractivity contribution in [3.8, 4) is 0 Å². The fraction of sp³-hybridized carbons (Fsp3) is 0.105. The molecule has 2 N–H and O–H groups in total. The number of benzene rings is 2. The number of pyridine rings is 1. The van der Waals surface area contributed by atoms with Gasteiger partial charge in [-0.25, -0.2) is 4.39 Å². The van der Waals surface area contributed by atoms with Crippen LogP contribution in [-0.4, -0.2) is 19.3 Å². The second-order valence-electron chi connectivity index (χ2n) is 6.26. The van der Waals surface area contributed by atoms with E-state index in [2.05, 4.69) is 9.55 Å². The van der Waals surface area contributed by atoms with Crippen molar-refractivity contribution in [3.63, 3.8) is 0 Å². The minimum absolute atomic E-state index is 0.272. The Morgan fingerprint density at radius 2 is 1.73 bits per heavy atom. The van der Waals surface area contributed by atoms with Crippen LogP contribution in [0.25, 0.3) is 21.9 Å². The van der Waals surface area contributed by atoms with Crippen molar-refractivity contribution in [1.82, 2.24) is 9.55 Å². The molecule has 0 saturated carbocycles. The molecule has 2 heterocycles. The lowest BCUT2D eigenvalue weighted by molar-refractivity contribution is 0.371. The van der Waals surface area contributed by atoms with Crippen LogP contribution in [-0.2, 0) is 17.3 Å². The molecule has 7 heteroatoms. The number of halogens is 1. The molecule has 0 saturated heterocycles. The van der Waals surface area contributed by atoms with Gasteiger partial charge in [0.25, 0.3) is 0 Å². The molecule has 2 aromatic heterocycles. The molecule has 4 rings (SSSR count). The van der Waals surface area contributed by atoms with E-state index in [1.807, 2.05) is 24.3 Å². The SMILES string of the molecule is O=P(O)(O)Cc1ccc(Cn2c3ccc(F)cc3c3ncccc32)cc1. The predicted molar refractivity (Wildman–Crippen MR) is 98.5 cm³/mol. The zero-order valence-electron chi connectivity index (χ0n) is 13.7. The number of nitrogens with zero attached hydrogens (tertiary/aromatic N) is 2. The summed E-state index contributed by atoms with van der Waals surface area (Å²) in [5.41, 5.74) is 4.12. The molecular weight excluding hydrogens is 354 g/mol. The molecule has 132 valence electrons. The molecule has 0 spiro atoms. The zero-order chi connectivity index (χ0) is 18.3. The Hall–Kier alpha value is -2.53. The second-order valence-corrected chi connectivity index (χ2v) is 7.90. The van der Waals surface area contributed by atoms with E-state index < -0.39 is 7.60 Å². The van der Waals surface area contributed by atoms with Crippen LogP contribution >= 0.6 is 7.60 Å². The average molecular weight is 370 g/mol.